The maximum atomic E-state index is 12.5. The summed E-state index contributed by atoms with van der Waals surface area (Å²) < 4.78 is 5.53. The maximum Gasteiger partial charge on any atom is 0.251 e. The molecule has 2 aromatic rings. The lowest BCUT2D eigenvalue weighted by molar-refractivity contribution is -0.142. The van der Waals surface area contributed by atoms with Crippen molar-refractivity contribution in [2.45, 2.75) is 25.5 Å². The number of H-pyrrole nitrogens is 1. The minimum absolute atomic E-state index is 0. The van der Waals surface area contributed by atoms with Gasteiger partial charge >= 0.3 is 0 Å². The Morgan fingerprint density at radius 3 is 2.63 bits per heavy atom. The zero-order valence-corrected chi connectivity index (χ0v) is 19.5. The van der Waals surface area contributed by atoms with E-state index in [4.69, 9.17) is 4.74 Å². The quantitative estimate of drug-likeness (QED) is 0.364. The molecule has 2 aliphatic rings. The fourth-order valence-corrected chi connectivity index (χ4v) is 3.83. The molecule has 0 bridgehead atoms. The Labute approximate surface area is 194 Å². The van der Waals surface area contributed by atoms with Crippen LogP contribution in [0.1, 0.15) is 18.7 Å². The van der Waals surface area contributed by atoms with E-state index in [2.05, 4.69) is 37.3 Å². The van der Waals surface area contributed by atoms with Crippen LogP contribution in [0.15, 0.2) is 41.5 Å². The van der Waals surface area contributed by atoms with Crippen molar-refractivity contribution in [3.8, 4) is 11.3 Å². The Balaban J connectivity index is 0.00000256. The topological polar surface area (TPSA) is 85.9 Å². The van der Waals surface area contributed by atoms with Crippen molar-refractivity contribution in [1.29, 1.82) is 0 Å². The van der Waals surface area contributed by atoms with Gasteiger partial charge in [-0.2, -0.15) is 0 Å². The number of hydrogen-bond donors (Lipinski definition) is 2. The summed E-state index contributed by atoms with van der Waals surface area (Å²) in [6.07, 6.45) is 3.43. The van der Waals surface area contributed by atoms with Crippen molar-refractivity contribution in [3.05, 3.63) is 42.4 Å². The molecule has 1 aromatic heterocycles. The second-order valence-corrected chi connectivity index (χ2v) is 7.32. The number of benzene rings is 1. The van der Waals surface area contributed by atoms with Crippen molar-refractivity contribution >= 4 is 35.8 Å². The molecule has 2 saturated heterocycles. The lowest BCUT2D eigenvalue weighted by Gasteiger charge is -2.37. The highest BCUT2D eigenvalue weighted by atomic mass is 127. The molecule has 1 aromatic carbocycles. The van der Waals surface area contributed by atoms with Crippen molar-refractivity contribution < 1.29 is 9.53 Å². The van der Waals surface area contributed by atoms with Crippen LogP contribution in [0.25, 0.3) is 11.3 Å². The van der Waals surface area contributed by atoms with Crippen LogP contribution in [0.2, 0.25) is 0 Å². The molecule has 0 saturated carbocycles. The first-order valence-electron chi connectivity index (χ1n) is 10.2. The Kier molecular flexibility index (Phi) is 8.08. The molecule has 4 rings (SSSR count). The van der Waals surface area contributed by atoms with Gasteiger partial charge in [-0.15, -0.1) is 24.0 Å². The number of piperazine rings is 1. The monoisotopic (exact) mass is 524 g/mol. The number of aliphatic imine (C=N–C) groups is 1. The molecular weight excluding hydrogens is 495 g/mol. The predicted molar refractivity (Wildman–Crippen MR) is 127 cm³/mol. The van der Waals surface area contributed by atoms with Gasteiger partial charge in [-0.1, -0.05) is 30.3 Å². The number of nitrogens with zero attached hydrogens (tertiary/aromatic N) is 4. The second-order valence-electron chi connectivity index (χ2n) is 7.32. The van der Waals surface area contributed by atoms with Crippen LogP contribution >= 0.6 is 24.0 Å². The van der Waals surface area contributed by atoms with E-state index in [9.17, 15) is 4.79 Å². The molecule has 0 spiro atoms. The Morgan fingerprint density at radius 1 is 1.23 bits per heavy atom. The summed E-state index contributed by atoms with van der Waals surface area (Å²) in [5.74, 6) is 1.82. The fourth-order valence-electron chi connectivity index (χ4n) is 3.83. The van der Waals surface area contributed by atoms with Crippen molar-refractivity contribution in [3.63, 3.8) is 0 Å². The van der Waals surface area contributed by atoms with Gasteiger partial charge in [-0.05, 0) is 18.4 Å². The summed E-state index contributed by atoms with van der Waals surface area (Å²) in [5.41, 5.74) is 2.11. The van der Waals surface area contributed by atoms with E-state index in [-0.39, 0.29) is 36.0 Å². The normalized spacial score (nSPS) is 19.5. The number of carbonyl (C=O) groups excluding carboxylic acids is 1. The minimum atomic E-state index is -0.239. The third-order valence-corrected chi connectivity index (χ3v) is 5.43. The summed E-state index contributed by atoms with van der Waals surface area (Å²) in [6, 6.07) is 10.1. The number of imidazole rings is 1. The van der Waals surface area contributed by atoms with Gasteiger partial charge in [-0.3, -0.25) is 9.79 Å². The third-order valence-electron chi connectivity index (χ3n) is 5.43. The van der Waals surface area contributed by atoms with Crippen molar-refractivity contribution in [2.75, 3.05) is 39.8 Å². The van der Waals surface area contributed by atoms with E-state index in [0.717, 1.165) is 49.0 Å². The SMILES string of the molecule is CN=C(NCc1ncc(-c2ccccc2)[nH]1)N1CCN(C(=O)C2CCCO2)CC1.I. The average Bonchev–Trinajstić information content (AvgIpc) is 3.47. The lowest BCUT2D eigenvalue weighted by atomic mass is 10.2. The predicted octanol–water partition coefficient (Wildman–Crippen LogP) is 2.09. The van der Waals surface area contributed by atoms with Crippen LogP contribution < -0.4 is 5.32 Å². The van der Waals surface area contributed by atoms with Crippen LogP contribution in [0, 0.1) is 0 Å². The Hall–Kier alpha value is -2.14. The van der Waals surface area contributed by atoms with Crippen molar-refractivity contribution in [1.82, 2.24) is 25.1 Å². The second kappa shape index (κ2) is 10.8. The fraction of sp³-hybridized carbons (Fsp3) is 0.476. The molecule has 162 valence electrons. The van der Waals surface area contributed by atoms with Crippen LogP contribution in [-0.2, 0) is 16.1 Å². The molecule has 0 radical (unpaired) electrons. The van der Waals surface area contributed by atoms with Gasteiger partial charge in [-0.25, -0.2) is 4.98 Å². The average molecular weight is 524 g/mol. The van der Waals surface area contributed by atoms with E-state index in [0.29, 0.717) is 26.2 Å². The number of aromatic amines is 1. The van der Waals surface area contributed by atoms with E-state index in [1.54, 1.807) is 7.05 Å². The van der Waals surface area contributed by atoms with Crippen LogP contribution in [0.5, 0.6) is 0 Å². The maximum absolute atomic E-state index is 12.5. The number of carbonyl (C=O) groups is 1. The zero-order chi connectivity index (χ0) is 20.1. The van der Waals surface area contributed by atoms with E-state index < -0.39 is 0 Å². The van der Waals surface area contributed by atoms with Gasteiger partial charge in [0, 0.05) is 39.8 Å². The number of amides is 1. The molecule has 3 heterocycles. The number of guanidine groups is 1. The molecule has 2 N–H and O–H groups in total. The van der Waals surface area contributed by atoms with Gasteiger partial charge in [0.2, 0.25) is 0 Å². The molecule has 2 aliphatic heterocycles. The summed E-state index contributed by atoms with van der Waals surface area (Å²) in [7, 11) is 1.78. The Bertz CT molecular complexity index is 842. The first-order valence-corrected chi connectivity index (χ1v) is 10.2. The first kappa shape index (κ1) is 22.5. The van der Waals surface area contributed by atoms with Gasteiger partial charge < -0.3 is 24.8 Å². The standard InChI is InChI=1S/C21H28N6O2.HI/c1-22-21(24-15-19-23-14-17(25-19)16-6-3-2-4-7-16)27-11-9-26(10-12-27)20(28)18-8-5-13-29-18;/h2-4,6-7,14,18H,5,8-13,15H2,1H3,(H,22,24)(H,23,25);1H. The summed E-state index contributed by atoms with van der Waals surface area (Å²) in [6.45, 7) is 4.16. The van der Waals surface area contributed by atoms with Crippen LogP contribution in [0.4, 0.5) is 0 Å². The molecule has 1 atom stereocenters. The summed E-state index contributed by atoms with van der Waals surface area (Å²) >= 11 is 0. The minimum Gasteiger partial charge on any atom is -0.368 e. The van der Waals surface area contributed by atoms with Gasteiger partial charge in [0.1, 0.15) is 11.9 Å². The number of ether oxygens (including phenoxy) is 1. The highest BCUT2D eigenvalue weighted by Crippen LogP contribution is 2.17. The van der Waals surface area contributed by atoms with Gasteiger partial charge in [0.25, 0.3) is 5.91 Å². The molecule has 9 heteroatoms. The number of aromatic nitrogens is 2. The van der Waals surface area contributed by atoms with Crippen molar-refractivity contribution in [2.24, 2.45) is 4.99 Å². The summed E-state index contributed by atoms with van der Waals surface area (Å²) in [5, 5.41) is 3.37. The first-order chi connectivity index (χ1) is 14.2. The molecule has 8 nitrogen and oxygen atoms in total. The smallest absolute Gasteiger partial charge is 0.251 e. The highest BCUT2D eigenvalue weighted by molar-refractivity contribution is 14.0. The molecule has 1 unspecified atom stereocenters. The van der Waals surface area contributed by atoms with Gasteiger partial charge in [0.05, 0.1) is 18.4 Å². The molecule has 2 fully saturated rings. The van der Waals surface area contributed by atoms with Crippen LogP contribution in [0.3, 0.4) is 0 Å². The van der Waals surface area contributed by atoms with E-state index >= 15 is 0 Å². The largest absolute Gasteiger partial charge is 0.368 e. The summed E-state index contributed by atoms with van der Waals surface area (Å²) in [4.78, 5) is 28.8. The molecular formula is C21H29IN6O2. The number of hydrogen-bond acceptors (Lipinski definition) is 4. The van der Waals surface area contributed by atoms with Gasteiger partial charge in [0.15, 0.2) is 5.96 Å². The van der Waals surface area contributed by atoms with E-state index in [1.807, 2.05) is 29.3 Å². The Morgan fingerprint density at radius 2 is 1.97 bits per heavy atom. The third kappa shape index (κ3) is 5.31. The zero-order valence-electron chi connectivity index (χ0n) is 17.2. The molecule has 30 heavy (non-hydrogen) atoms. The number of rotatable bonds is 4. The molecule has 1 amide bonds. The lowest BCUT2D eigenvalue weighted by Crippen LogP contribution is -2.55. The number of halogens is 1. The van der Waals surface area contributed by atoms with E-state index in [1.165, 1.54) is 0 Å². The highest BCUT2D eigenvalue weighted by Gasteiger charge is 2.30. The van der Waals surface area contributed by atoms with Crippen LogP contribution in [-0.4, -0.2) is 77.6 Å². The molecule has 0 aliphatic carbocycles. The number of nitrogens with one attached hydrogen (secondary N) is 2.